The summed E-state index contributed by atoms with van der Waals surface area (Å²) in [6, 6.07) is 13.3. The Morgan fingerprint density at radius 1 is 1.19 bits per heavy atom. The molecular formula is C16H12BrClN2O. The van der Waals surface area contributed by atoms with Gasteiger partial charge in [0.25, 0.3) is 0 Å². The van der Waals surface area contributed by atoms with Gasteiger partial charge in [-0.25, -0.2) is 0 Å². The van der Waals surface area contributed by atoms with Crippen molar-refractivity contribution < 1.29 is 4.79 Å². The molecule has 106 valence electrons. The molecule has 1 heterocycles. The number of carbonyl (C=O) groups is 1. The maximum Gasteiger partial charge on any atom is 0.248 e. The van der Waals surface area contributed by atoms with E-state index >= 15 is 0 Å². The monoisotopic (exact) mass is 365 g/mol. The van der Waals surface area contributed by atoms with Crippen LogP contribution in [0.1, 0.15) is 11.1 Å². The third-order valence-corrected chi connectivity index (χ3v) is 4.38. The van der Waals surface area contributed by atoms with Crippen molar-refractivity contribution in [3.63, 3.8) is 0 Å². The van der Waals surface area contributed by atoms with Crippen LogP contribution < -0.4 is 4.90 Å². The number of nitrogens with zero attached hydrogens (tertiary/aromatic N) is 2. The van der Waals surface area contributed by atoms with Gasteiger partial charge in [0, 0.05) is 27.7 Å². The number of carbonyl (C=O) groups excluding carboxylic acids is 1. The van der Waals surface area contributed by atoms with Gasteiger partial charge in [-0.1, -0.05) is 45.7 Å². The zero-order chi connectivity index (χ0) is 15.0. The molecular weight excluding hydrogens is 354 g/mol. The lowest BCUT2D eigenvalue weighted by atomic mass is 10.0. The number of fused-ring (bicyclic) bond motifs is 1. The van der Waals surface area contributed by atoms with Crippen LogP contribution in [0.15, 0.2) is 51.9 Å². The van der Waals surface area contributed by atoms with E-state index in [-0.39, 0.29) is 12.5 Å². The normalized spacial score (nSPS) is 14.5. The molecule has 1 aliphatic rings. The predicted molar refractivity (Wildman–Crippen MR) is 89.5 cm³/mol. The highest BCUT2D eigenvalue weighted by atomic mass is 81.9. The fourth-order valence-electron chi connectivity index (χ4n) is 2.35. The topological polar surface area (TPSA) is 32.7 Å². The van der Waals surface area contributed by atoms with Gasteiger partial charge in [0.05, 0.1) is 11.4 Å². The summed E-state index contributed by atoms with van der Waals surface area (Å²) >= 11 is 9.68. The van der Waals surface area contributed by atoms with Crippen molar-refractivity contribution in [3.8, 4) is 0 Å². The quantitative estimate of drug-likeness (QED) is 0.754. The zero-order valence-electron chi connectivity index (χ0n) is 11.3. The summed E-state index contributed by atoms with van der Waals surface area (Å²) in [6.45, 7) is 0.124. The van der Waals surface area contributed by atoms with Gasteiger partial charge in [0.1, 0.15) is 6.54 Å². The van der Waals surface area contributed by atoms with Crippen LogP contribution in [0.25, 0.3) is 0 Å². The molecule has 0 radical (unpaired) electrons. The summed E-state index contributed by atoms with van der Waals surface area (Å²) in [5.41, 5.74) is 3.40. The van der Waals surface area contributed by atoms with Crippen molar-refractivity contribution in [2.24, 2.45) is 4.99 Å². The Kier molecular flexibility index (Phi) is 3.83. The van der Waals surface area contributed by atoms with Gasteiger partial charge in [-0.15, -0.1) is 0 Å². The molecule has 0 aliphatic carbocycles. The number of hydrogen-bond acceptors (Lipinski definition) is 2. The summed E-state index contributed by atoms with van der Waals surface area (Å²) in [6.07, 6.45) is 0. The van der Waals surface area contributed by atoms with Crippen molar-refractivity contribution in [2.75, 3.05) is 18.5 Å². The highest BCUT2D eigenvalue weighted by Crippen LogP contribution is 2.30. The number of rotatable bonds is 1. The molecule has 21 heavy (non-hydrogen) atoms. The minimum Gasteiger partial charge on any atom is -0.313 e. The first-order chi connectivity index (χ1) is 10.1. The Morgan fingerprint density at radius 2 is 1.95 bits per heavy atom. The van der Waals surface area contributed by atoms with E-state index in [2.05, 4.69) is 20.9 Å². The Labute approximate surface area is 136 Å². The summed E-state index contributed by atoms with van der Waals surface area (Å²) in [7, 11) is 1.76. The Bertz CT molecular complexity index is 758. The molecule has 0 bridgehead atoms. The summed E-state index contributed by atoms with van der Waals surface area (Å²) in [5, 5.41) is 0.622. The number of hydrogen-bond donors (Lipinski definition) is 0. The van der Waals surface area contributed by atoms with Crippen LogP contribution in [0.2, 0.25) is 5.02 Å². The standard InChI is InChI=1S/C16H12BrClN2O/c1-20-14-7-6-10(18)8-12(14)16(19-9-15(20)21)11-4-2-3-5-13(11)17/h2-8H,9H2,1H3/i17+2. The van der Waals surface area contributed by atoms with Gasteiger partial charge in [0.2, 0.25) is 5.91 Å². The molecule has 1 aliphatic heterocycles. The Balaban J connectivity index is 2.26. The van der Waals surface area contributed by atoms with Gasteiger partial charge < -0.3 is 4.90 Å². The second kappa shape index (κ2) is 5.62. The number of anilines is 1. The van der Waals surface area contributed by atoms with Crippen LogP contribution in [-0.2, 0) is 4.79 Å². The molecule has 0 N–H and O–H groups in total. The van der Waals surface area contributed by atoms with E-state index in [0.717, 1.165) is 27.0 Å². The van der Waals surface area contributed by atoms with Crippen molar-refractivity contribution in [1.29, 1.82) is 0 Å². The van der Waals surface area contributed by atoms with Crippen LogP contribution in [0.3, 0.4) is 0 Å². The van der Waals surface area contributed by atoms with Gasteiger partial charge in [-0.2, -0.15) is 0 Å². The summed E-state index contributed by atoms with van der Waals surface area (Å²) in [5.74, 6) is -0.0411. The molecule has 2 aromatic carbocycles. The van der Waals surface area contributed by atoms with E-state index in [1.54, 1.807) is 18.0 Å². The van der Waals surface area contributed by atoms with E-state index in [4.69, 9.17) is 11.6 Å². The SMILES string of the molecule is CN1C(=O)CN=C(c2ccccc2[82Br])c2cc(Cl)ccc21. The van der Waals surface area contributed by atoms with Crippen LogP contribution >= 0.6 is 27.5 Å². The van der Waals surface area contributed by atoms with E-state index in [0.29, 0.717) is 5.02 Å². The van der Waals surface area contributed by atoms with E-state index in [1.807, 2.05) is 36.4 Å². The van der Waals surface area contributed by atoms with Gasteiger partial charge in [-0.3, -0.25) is 9.79 Å². The van der Waals surface area contributed by atoms with E-state index in [9.17, 15) is 4.79 Å². The number of benzene rings is 2. The molecule has 0 unspecified atom stereocenters. The predicted octanol–water partition coefficient (Wildman–Crippen LogP) is 3.92. The lowest BCUT2D eigenvalue weighted by Crippen LogP contribution is -2.27. The summed E-state index contributed by atoms with van der Waals surface area (Å²) in [4.78, 5) is 18.2. The second-order valence-electron chi connectivity index (χ2n) is 4.76. The smallest absolute Gasteiger partial charge is 0.248 e. The first-order valence-electron chi connectivity index (χ1n) is 6.44. The minimum atomic E-state index is -0.0411. The van der Waals surface area contributed by atoms with Crippen molar-refractivity contribution >= 4 is 44.8 Å². The fraction of sp³-hybridized carbons (Fsp3) is 0.125. The van der Waals surface area contributed by atoms with Crippen LogP contribution in [0, 0.1) is 0 Å². The largest absolute Gasteiger partial charge is 0.313 e. The molecule has 0 saturated heterocycles. The number of halogens is 2. The van der Waals surface area contributed by atoms with Crippen LogP contribution in [0.5, 0.6) is 0 Å². The van der Waals surface area contributed by atoms with Gasteiger partial charge in [0.15, 0.2) is 0 Å². The number of benzodiazepines with no additional fused rings is 1. The molecule has 2 aromatic rings. The lowest BCUT2D eigenvalue weighted by molar-refractivity contribution is -0.116. The Morgan fingerprint density at radius 3 is 2.71 bits per heavy atom. The average molecular weight is 366 g/mol. The minimum absolute atomic E-state index is 0.0411. The van der Waals surface area contributed by atoms with Gasteiger partial charge >= 0.3 is 0 Å². The number of amides is 1. The number of aliphatic imine (C=N–C) groups is 1. The third kappa shape index (κ3) is 2.61. The van der Waals surface area contributed by atoms with Crippen molar-refractivity contribution in [1.82, 2.24) is 0 Å². The van der Waals surface area contributed by atoms with Gasteiger partial charge in [-0.05, 0) is 24.3 Å². The van der Waals surface area contributed by atoms with E-state index in [1.165, 1.54) is 0 Å². The van der Waals surface area contributed by atoms with Crippen molar-refractivity contribution in [2.45, 2.75) is 0 Å². The van der Waals surface area contributed by atoms with E-state index < -0.39 is 0 Å². The Hall–Kier alpha value is -1.65. The maximum absolute atomic E-state index is 12.1. The number of likely N-dealkylation sites (N-methyl/N-ethyl adjacent to an activating group) is 1. The molecule has 0 fully saturated rings. The highest BCUT2D eigenvalue weighted by molar-refractivity contribution is 9.10. The first-order valence-corrected chi connectivity index (χ1v) is 7.61. The highest BCUT2D eigenvalue weighted by Gasteiger charge is 2.23. The molecule has 0 spiro atoms. The molecule has 1 amide bonds. The third-order valence-electron chi connectivity index (χ3n) is 3.45. The van der Waals surface area contributed by atoms with Crippen LogP contribution in [-0.4, -0.2) is 25.2 Å². The fourth-order valence-corrected chi connectivity index (χ4v) is 2.99. The maximum atomic E-state index is 12.1. The molecule has 3 rings (SSSR count). The molecule has 0 aromatic heterocycles. The molecule has 5 heteroatoms. The van der Waals surface area contributed by atoms with Crippen LogP contribution in [0.4, 0.5) is 5.69 Å². The average Bonchev–Trinajstić information content (AvgIpc) is 2.59. The summed E-state index contributed by atoms with van der Waals surface area (Å²) < 4.78 is 0.937. The second-order valence-corrected chi connectivity index (χ2v) is 6.05. The first kappa shape index (κ1) is 14.3. The lowest BCUT2D eigenvalue weighted by Gasteiger charge is -2.18. The zero-order valence-corrected chi connectivity index (χ0v) is 13.6. The molecule has 0 atom stereocenters. The molecule has 3 nitrogen and oxygen atoms in total. The molecule has 0 saturated carbocycles. The van der Waals surface area contributed by atoms with Crippen molar-refractivity contribution in [3.05, 3.63) is 63.1 Å².